The van der Waals surface area contributed by atoms with Crippen molar-refractivity contribution in [1.29, 1.82) is 0 Å². The minimum Gasteiger partial charge on any atom is -0.346 e. The molecule has 0 aliphatic heterocycles. The molecular weight excluding hydrogens is 264 g/mol. The predicted octanol–water partition coefficient (Wildman–Crippen LogP) is 2.36. The fraction of sp³-hybridized carbons (Fsp3) is 0.500. The van der Waals surface area contributed by atoms with Crippen LogP contribution in [0.2, 0.25) is 0 Å². The summed E-state index contributed by atoms with van der Waals surface area (Å²) in [5.41, 5.74) is 7.75. The fourth-order valence-corrected chi connectivity index (χ4v) is 2.49. The summed E-state index contributed by atoms with van der Waals surface area (Å²) in [6, 6.07) is 7.97. The predicted molar refractivity (Wildman–Crippen MR) is 84.8 cm³/mol. The van der Waals surface area contributed by atoms with E-state index in [1.807, 2.05) is 32.0 Å². The van der Waals surface area contributed by atoms with Gasteiger partial charge in [0.05, 0.1) is 17.1 Å². The number of imidazole rings is 1. The first kappa shape index (κ1) is 15.5. The van der Waals surface area contributed by atoms with Gasteiger partial charge in [-0.25, -0.2) is 4.98 Å². The lowest BCUT2D eigenvalue weighted by atomic mass is 10.2. The Labute approximate surface area is 125 Å². The van der Waals surface area contributed by atoms with E-state index in [0.29, 0.717) is 12.8 Å². The second-order valence-corrected chi connectivity index (χ2v) is 5.51. The molecule has 0 spiro atoms. The van der Waals surface area contributed by atoms with Gasteiger partial charge in [0.1, 0.15) is 5.82 Å². The number of nitrogens with two attached hydrogens (primary N) is 1. The summed E-state index contributed by atoms with van der Waals surface area (Å²) in [6.45, 7) is 6.79. The van der Waals surface area contributed by atoms with Gasteiger partial charge in [-0.15, -0.1) is 0 Å². The topological polar surface area (TPSA) is 72.9 Å². The Hall–Kier alpha value is -1.88. The summed E-state index contributed by atoms with van der Waals surface area (Å²) in [6.07, 6.45) is 1.15. The quantitative estimate of drug-likeness (QED) is 0.857. The lowest BCUT2D eigenvalue weighted by Gasteiger charge is -2.15. The zero-order chi connectivity index (χ0) is 15.4. The molecule has 0 aliphatic carbocycles. The Bertz CT molecular complexity index is 618. The highest BCUT2D eigenvalue weighted by Crippen LogP contribution is 2.20. The largest absolute Gasteiger partial charge is 0.346 e. The van der Waals surface area contributed by atoms with Crippen LogP contribution in [0.5, 0.6) is 0 Å². The molecule has 2 rings (SSSR count). The minimum absolute atomic E-state index is 0.0227. The summed E-state index contributed by atoms with van der Waals surface area (Å²) in [5, 5.41) is 3.01. The van der Waals surface area contributed by atoms with Gasteiger partial charge >= 0.3 is 0 Å². The molecule has 0 saturated heterocycles. The number of nitrogens with zero attached hydrogens (tertiary/aromatic N) is 2. The average molecular weight is 288 g/mol. The SMILES string of the molecule is CCn1c(C(C)NC(=O)CCC(C)N)nc2ccccc21. The third-order valence-corrected chi connectivity index (χ3v) is 3.59. The van der Waals surface area contributed by atoms with Crippen molar-refractivity contribution >= 4 is 16.9 Å². The van der Waals surface area contributed by atoms with Gasteiger partial charge in [-0.1, -0.05) is 12.1 Å². The van der Waals surface area contributed by atoms with Crippen molar-refractivity contribution in [3.63, 3.8) is 0 Å². The molecule has 3 N–H and O–H groups in total. The molecule has 0 radical (unpaired) electrons. The molecule has 2 aromatic rings. The van der Waals surface area contributed by atoms with Crippen molar-refractivity contribution in [3.8, 4) is 0 Å². The number of carbonyl (C=O) groups is 1. The molecule has 5 nitrogen and oxygen atoms in total. The first-order valence-electron chi connectivity index (χ1n) is 7.53. The molecule has 114 valence electrons. The smallest absolute Gasteiger partial charge is 0.220 e. The molecule has 21 heavy (non-hydrogen) atoms. The maximum absolute atomic E-state index is 11.9. The summed E-state index contributed by atoms with van der Waals surface area (Å²) in [7, 11) is 0. The number of aryl methyl sites for hydroxylation is 1. The number of para-hydroxylation sites is 2. The first-order chi connectivity index (χ1) is 10.0. The molecule has 1 amide bonds. The van der Waals surface area contributed by atoms with Crippen molar-refractivity contribution in [2.75, 3.05) is 0 Å². The Morgan fingerprint density at radius 1 is 1.38 bits per heavy atom. The number of hydrogen-bond donors (Lipinski definition) is 2. The first-order valence-corrected chi connectivity index (χ1v) is 7.53. The van der Waals surface area contributed by atoms with Gasteiger partial charge in [0.15, 0.2) is 0 Å². The molecule has 2 atom stereocenters. The highest BCUT2D eigenvalue weighted by Gasteiger charge is 2.17. The van der Waals surface area contributed by atoms with Crippen molar-refractivity contribution in [1.82, 2.24) is 14.9 Å². The summed E-state index contributed by atoms with van der Waals surface area (Å²) in [5.74, 6) is 0.919. The van der Waals surface area contributed by atoms with Crippen LogP contribution in [0, 0.1) is 0 Å². The van der Waals surface area contributed by atoms with Gasteiger partial charge in [-0.3, -0.25) is 4.79 Å². The maximum Gasteiger partial charge on any atom is 0.220 e. The summed E-state index contributed by atoms with van der Waals surface area (Å²) < 4.78 is 2.14. The van der Waals surface area contributed by atoms with Crippen LogP contribution in [0.1, 0.15) is 45.5 Å². The second kappa shape index (κ2) is 6.72. The maximum atomic E-state index is 11.9. The third-order valence-electron chi connectivity index (χ3n) is 3.59. The van der Waals surface area contributed by atoms with Gasteiger partial charge in [-0.2, -0.15) is 0 Å². The number of hydrogen-bond acceptors (Lipinski definition) is 3. The molecule has 0 saturated carbocycles. The highest BCUT2D eigenvalue weighted by atomic mass is 16.1. The van der Waals surface area contributed by atoms with E-state index in [1.165, 1.54) is 0 Å². The van der Waals surface area contributed by atoms with Crippen molar-refractivity contribution in [3.05, 3.63) is 30.1 Å². The number of nitrogens with one attached hydrogen (secondary N) is 1. The van der Waals surface area contributed by atoms with Gasteiger partial charge in [0.2, 0.25) is 5.91 Å². The van der Waals surface area contributed by atoms with Gasteiger partial charge in [-0.05, 0) is 39.3 Å². The number of benzene rings is 1. The molecule has 1 aromatic carbocycles. The number of amides is 1. The second-order valence-electron chi connectivity index (χ2n) is 5.51. The van der Waals surface area contributed by atoms with Crippen LogP contribution in [0.25, 0.3) is 11.0 Å². The summed E-state index contributed by atoms with van der Waals surface area (Å²) >= 11 is 0. The van der Waals surface area contributed by atoms with Crippen molar-refractivity contribution in [2.24, 2.45) is 5.73 Å². The van der Waals surface area contributed by atoms with Crippen LogP contribution >= 0.6 is 0 Å². The number of rotatable bonds is 6. The van der Waals surface area contributed by atoms with Crippen LogP contribution in [0.15, 0.2) is 24.3 Å². The molecule has 0 fully saturated rings. The van der Waals surface area contributed by atoms with Crippen LogP contribution in [0.4, 0.5) is 0 Å². The Kier molecular flexibility index (Phi) is 4.96. The van der Waals surface area contributed by atoms with E-state index in [4.69, 9.17) is 5.73 Å². The van der Waals surface area contributed by atoms with Crippen LogP contribution < -0.4 is 11.1 Å². The third kappa shape index (κ3) is 3.61. The van der Waals surface area contributed by atoms with E-state index in [0.717, 1.165) is 23.4 Å². The fourth-order valence-electron chi connectivity index (χ4n) is 2.49. The molecule has 1 heterocycles. The summed E-state index contributed by atoms with van der Waals surface area (Å²) in [4.78, 5) is 16.6. The number of carbonyl (C=O) groups excluding carboxylic acids is 1. The van der Waals surface area contributed by atoms with Gasteiger partial charge in [0, 0.05) is 19.0 Å². The van der Waals surface area contributed by atoms with E-state index in [9.17, 15) is 4.79 Å². The highest BCUT2D eigenvalue weighted by molar-refractivity contribution is 5.78. The molecule has 0 aliphatic rings. The Balaban J connectivity index is 2.15. The van der Waals surface area contributed by atoms with Crippen molar-refractivity contribution < 1.29 is 4.79 Å². The van der Waals surface area contributed by atoms with Crippen LogP contribution in [0.3, 0.4) is 0 Å². The van der Waals surface area contributed by atoms with E-state index < -0.39 is 0 Å². The minimum atomic E-state index is -0.113. The average Bonchev–Trinajstić information content (AvgIpc) is 2.83. The standard InChI is InChI=1S/C16H24N4O/c1-4-20-14-8-6-5-7-13(14)19-16(20)12(3)18-15(21)10-9-11(2)17/h5-8,11-12H,4,9-10,17H2,1-3H3,(H,18,21). The van der Waals surface area contributed by atoms with E-state index >= 15 is 0 Å². The molecule has 0 bridgehead atoms. The Morgan fingerprint density at radius 3 is 2.76 bits per heavy atom. The monoisotopic (exact) mass is 288 g/mol. The van der Waals surface area contributed by atoms with E-state index in [-0.39, 0.29) is 18.0 Å². The number of aromatic nitrogens is 2. The molecule has 2 unspecified atom stereocenters. The Morgan fingerprint density at radius 2 is 2.10 bits per heavy atom. The van der Waals surface area contributed by atoms with E-state index in [2.05, 4.69) is 27.9 Å². The normalized spacial score (nSPS) is 14.1. The molecule has 1 aromatic heterocycles. The number of fused-ring (bicyclic) bond motifs is 1. The van der Waals surface area contributed by atoms with Gasteiger partial charge < -0.3 is 15.6 Å². The zero-order valence-electron chi connectivity index (χ0n) is 13.0. The molecule has 5 heteroatoms. The van der Waals surface area contributed by atoms with Crippen LogP contribution in [-0.4, -0.2) is 21.5 Å². The lowest BCUT2D eigenvalue weighted by Crippen LogP contribution is -2.30. The zero-order valence-corrected chi connectivity index (χ0v) is 13.0. The lowest BCUT2D eigenvalue weighted by molar-refractivity contribution is -0.121. The molecular formula is C16H24N4O. The van der Waals surface area contributed by atoms with Crippen molar-refractivity contribution in [2.45, 2.75) is 52.2 Å². The van der Waals surface area contributed by atoms with E-state index in [1.54, 1.807) is 0 Å². The van der Waals surface area contributed by atoms with Crippen LogP contribution in [-0.2, 0) is 11.3 Å². The van der Waals surface area contributed by atoms with Gasteiger partial charge in [0.25, 0.3) is 0 Å².